The standard InChI is InChI=1S/C25H24ClN3O5S2/c1-2-33-18-9-12-21-23(15-18)35-25(27-21)28(16-19-5-4-14-34-19)24(30)22-6-3-13-29(22)36(31,32)20-10-7-17(26)8-11-20/h4-5,7-12,14-15,22H,2-3,6,13,16H2,1H3. The second kappa shape index (κ2) is 10.2. The summed E-state index contributed by atoms with van der Waals surface area (Å²) in [5.41, 5.74) is 0.729. The highest BCUT2D eigenvalue weighted by molar-refractivity contribution is 7.89. The lowest BCUT2D eigenvalue weighted by Crippen LogP contribution is -2.47. The van der Waals surface area contributed by atoms with Crippen LogP contribution in [0.25, 0.3) is 10.2 Å². The van der Waals surface area contributed by atoms with Gasteiger partial charge in [0.15, 0.2) is 5.13 Å². The summed E-state index contributed by atoms with van der Waals surface area (Å²) in [6.45, 7) is 2.85. The third-order valence-corrected chi connectivity index (χ3v) is 9.18. The predicted molar refractivity (Wildman–Crippen MR) is 139 cm³/mol. The number of thiazole rings is 1. The van der Waals surface area contributed by atoms with Gasteiger partial charge in [-0.3, -0.25) is 9.69 Å². The van der Waals surface area contributed by atoms with Crippen LogP contribution in [0.15, 0.2) is 70.2 Å². The van der Waals surface area contributed by atoms with E-state index < -0.39 is 16.1 Å². The minimum absolute atomic E-state index is 0.104. The molecule has 36 heavy (non-hydrogen) atoms. The minimum atomic E-state index is -3.89. The van der Waals surface area contributed by atoms with Crippen molar-refractivity contribution < 1.29 is 22.4 Å². The molecule has 8 nitrogen and oxygen atoms in total. The van der Waals surface area contributed by atoms with Crippen molar-refractivity contribution in [2.75, 3.05) is 18.1 Å². The fourth-order valence-corrected chi connectivity index (χ4v) is 7.03. The van der Waals surface area contributed by atoms with E-state index in [1.165, 1.54) is 51.1 Å². The lowest BCUT2D eigenvalue weighted by molar-refractivity contribution is -0.121. The van der Waals surface area contributed by atoms with Crippen molar-refractivity contribution in [3.63, 3.8) is 0 Å². The highest BCUT2D eigenvalue weighted by Crippen LogP contribution is 2.35. The molecule has 0 aliphatic carbocycles. The second-order valence-corrected chi connectivity index (χ2v) is 11.6. The van der Waals surface area contributed by atoms with E-state index in [9.17, 15) is 13.2 Å². The number of benzene rings is 2. The zero-order chi connectivity index (χ0) is 25.3. The molecule has 1 aliphatic rings. The number of carbonyl (C=O) groups excluding carboxylic acids is 1. The molecule has 5 rings (SSSR count). The van der Waals surface area contributed by atoms with Crippen LogP contribution in [0.4, 0.5) is 5.13 Å². The number of carbonyl (C=O) groups is 1. The van der Waals surface area contributed by atoms with E-state index >= 15 is 0 Å². The van der Waals surface area contributed by atoms with Gasteiger partial charge in [0.1, 0.15) is 17.6 Å². The maximum Gasteiger partial charge on any atom is 0.247 e. The van der Waals surface area contributed by atoms with Gasteiger partial charge in [-0.05, 0) is 74.4 Å². The van der Waals surface area contributed by atoms with Crippen LogP contribution in [0.5, 0.6) is 5.75 Å². The molecule has 0 N–H and O–H groups in total. The normalized spacial score (nSPS) is 16.4. The maximum absolute atomic E-state index is 14.0. The van der Waals surface area contributed by atoms with Crippen LogP contribution in [0, 0.1) is 0 Å². The number of amides is 1. The molecule has 1 atom stereocenters. The summed E-state index contributed by atoms with van der Waals surface area (Å²) in [7, 11) is -3.89. The van der Waals surface area contributed by atoms with E-state index in [4.69, 9.17) is 20.8 Å². The van der Waals surface area contributed by atoms with Crippen LogP contribution in [0.3, 0.4) is 0 Å². The molecule has 1 unspecified atom stereocenters. The number of anilines is 1. The number of hydrogen-bond donors (Lipinski definition) is 0. The summed E-state index contributed by atoms with van der Waals surface area (Å²) < 4.78 is 40.2. The van der Waals surface area contributed by atoms with Crippen molar-refractivity contribution in [1.29, 1.82) is 0 Å². The van der Waals surface area contributed by atoms with Gasteiger partial charge in [-0.15, -0.1) is 0 Å². The van der Waals surface area contributed by atoms with Crippen molar-refractivity contribution in [2.24, 2.45) is 0 Å². The molecule has 2 aromatic carbocycles. The van der Waals surface area contributed by atoms with Crippen LogP contribution >= 0.6 is 22.9 Å². The molecule has 1 saturated heterocycles. The lowest BCUT2D eigenvalue weighted by atomic mass is 10.2. The molecule has 1 amide bonds. The van der Waals surface area contributed by atoms with Gasteiger partial charge < -0.3 is 9.15 Å². The quantitative estimate of drug-likeness (QED) is 0.297. The Labute approximate surface area is 218 Å². The number of hydrogen-bond acceptors (Lipinski definition) is 7. The van der Waals surface area contributed by atoms with Crippen LogP contribution in [-0.4, -0.2) is 42.8 Å². The van der Waals surface area contributed by atoms with Gasteiger partial charge in [-0.2, -0.15) is 4.31 Å². The first-order valence-corrected chi connectivity index (χ1v) is 14.1. The van der Waals surface area contributed by atoms with E-state index in [2.05, 4.69) is 4.98 Å². The molecule has 188 valence electrons. The molecule has 4 aromatic rings. The number of ether oxygens (including phenoxy) is 1. The number of furan rings is 1. The molecule has 0 spiro atoms. The van der Waals surface area contributed by atoms with Gasteiger partial charge in [0.2, 0.25) is 15.9 Å². The Morgan fingerprint density at radius 1 is 1.25 bits per heavy atom. The number of fused-ring (bicyclic) bond motifs is 1. The fraction of sp³-hybridized carbons (Fsp3) is 0.280. The Balaban J connectivity index is 1.50. The molecule has 0 bridgehead atoms. The Hall–Kier alpha value is -2.92. The molecule has 0 saturated carbocycles. The summed E-state index contributed by atoms with van der Waals surface area (Å²) in [4.78, 5) is 20.3. The maximum atomic E-state index is 14.0. The molecule has 1 fully saturated rings. The number of sulfonamides is 1. The van der Waals surface area contributed by atoms with E-state index in [0.717, 1.165) is 16.0 Å². The fourth-order valence-electron chi connectivity index (χ4n) is 4.26. The highest BCUT2D eigenvalue weighted by Gasteiger charge is 2.42. The molecule has 2 aromatic heterocycles. The van der Waals surface area contributed by atoms with Gasteiger partial charge in [0.25, 0.3) is 0 Å². The first kappa shape index (κ1) is 24.8. The Morgan fingerprint density at radius 3 is 2.78 bits per heavy atom. The second-order valence-electron chi connectivity index (χ2n) is 8.29. The molecular formula is C25H24ClN3O5S2. The van der Waals surface area contributed by atoms with Crippen LogP contribution < -0.4 is 9.64 Å². The first-order valence-electron chi connectivity index (χ1n) is 11.5. The van der Waals surface area contributed by atoms with Crippen molar-refractivity contribution >= 4 is 54.2 Å². The first-order chi connectivity index (χ1) is 17.4. The topological polar surface area (TPSA) is 92.9 Å². The van der Waals surface area contributed by atoms with Gasteiger partial charge in [0.05, 0.1) is 34.5 Å². The van der Waals surface area contributed by atoms with E-state index in [-0.39, 0.29) is 23.9 Å². The Morgan fingerprint density at radius 2 is 2.06 bits per heavy atom. The highest BCUT2D eigenvalue weighted by atomic mass is 35.5. The van der Waals surface area contributed by atoms with E-state index in [1.807, 2.05) is 25.1 Å². The minimum Gasteiger partial charge on any atom is -0.494 e. The number of halogens is 1. The largest absolute Gasteiger partial charge is 0.494 e. The third-order valence-electron chi connectivity index (χ3n) is 5.96. The number of rotatable bonds is 8. The van der Waals surface area contributed by atoms with Crippen LogP contribution in [0.1, 0.15) is 25.5 Å². The SMILES string of the molecule is CCOc1ccc2nc(N(Cc3ccco3)C(=O)C3CCCN3S(=O)(=O)c3ccc(Cl)cc3)sc2c1. The Bertz CT molecular complexity index is 1470. The predicted octanol–water partition coefficient (Wildman–Crippen LogP) is 5.33. The summed E-state index contributed by atoms with van der Waals surface area (Å²) in [5, 5.41) is 0.909. The van der Waals surface area contributed by atoms with Crippen molar-refractivity contribution in [3.8, 4) is 5.75 Å². The molecule has 1 aliphatic heterocycles. The van der Waals surface area contributed by atoms with Gasteiger partial charge in [-0.1, -0.05) is 22.9 Å². The van der Waals surface area contributed by atoms with E-state index in [0.29, 0.717) is 35.4 Å². The lowest BCUT2D eigenvalue weighted by Gasteiger charge is -2.28. The molecule has 0 radical (unpaired) electrons. The monoisotopic (exact) mass is 545 g/mol. The number of aromatic nitrogens is 1. The van der Waals surface area contributed by atoms with Crippen molar-refractivity contribution in [1.82, 2.24) is 9.29 Å². The third kappa shape index (κ3) is 4.86. The molecule has 11 heteroatoms. The van der Waals surface area contributed by atoms with Gasteiger partial charge in [-0.25, -0.2) is 13.4 Å². The average Bonchev–Trinajstić information content (AvgIpc) is 3.63. The molecule has 3 heterocycles. The van der Waals surface area contributed by atoms with Gasteiger partial charge >= 0.3 is 0 Å². The Kier molecular flexibility index (Phi) is 7.03. The van der Waals surface area contributed by atoms with Crippen molar-refractivity contribution in [3.05, 3.63) is 71.6 Å². The summed E-state index contributed by atoms with van der Waals surface area (Å²) in [6, 6.07) is 14.2. The zero-order valence-corrected chi connectivity index (χ0v) is 21.9. The summed E-state index contributed by atoms with van der Waals surface area (Å²) in [6.07, 6.45) is 2.53. The van der Waals surface area contributed by atoms with Crippen molar-refractivity contribution in [2.45, 2.75) is 37.2 Å². The van der Waals surface area contributed by atoms with Gasteiger partial charge in [0, 0.05) is 11.6 Å². The average molecular weight is 546 g/mol. The number of nitrogens with zero attached hydrogens (tertiary/aromatic N) is 3. The molecular weight excluding hydrogens is 522 g/mol. The summed E-state index contributed by atoms with van der Waals surface area (Å²) in [5.74, 6) is 0.952. The smallest absolute Gasteiger partial charge is 0.247 e. The zero-order valence-electron chi connectivity index (χ0n) is 19.5. The van der Waals surface area contributed by atoms with Crippen LogP contribution in [0.2, 0.25) is 5.02 Å². The summed E-state index contributed by atoms with van der Waals surface area (Å²) >= 11 is 7.30. The van der Waals surface area contributed by atoms with Crippen LogP contribution in [-0.2, 0) is 21.4 Å². The van der Waals surface area contributed by atoms with E-state index in [1.54, 1.807) is 12.1 Å².